The van der Waals surface area contributed by atoms with Crippen molar-refractivity contribution in [1.29, 1.82) is 0 Å². The second-order valence-electron chi connectivity index (χ2n) is 5.08. The Balaban J connectivity index is 2.25. The van der Waals surface area contributed by atoms with Crippen molar-refractivity contribution in [2.24, 2.45) is 5.41 Å². The van der Waals surface area contributed by atoms with E-state index in [2.05, 4.69) is 26.0 Å². The van der Waals surface area contributed by atoms with Gasteiger partial charge in [0.25, 0.3) is 0 Å². The Kier molecular flexibility index (Phi) is 2.94. The quantitative estimate of drug-likeness (QED) is 0.845. The van der Waals surface area contributed by atoms with E-state index >= 15 is 0 Å². The second kappa shape index (κ2) is 4.10. The Morgan fingerprint density at radius 1 is 1.25 bits per heavy atom. The molecule has 0 heterocycles. The highest BCUT2D eigenvalue weighted by molar-refractivity contribution is 5.42. The molecule has 0 radical (unpaired) electrons. The fourth-order valence-corrected chi connectivity index (χ4v) is 2.23. The van der Waals surface area contributed by atoms with E-state index in [4.69, 9.17) is 4.74 Å². The van der Waals surface area contributed by atoms with E-state index in [1.807, 2.05) is 0 Å². The van der Waals surface area contributed by atoms with E-state index in [9.17, 15) is 5.11 Å². The van der Waals surface area contributed by atoms with Crippen LogP contribution in [0.15, 0.2) is 12.1 Å². The molecule has 16 heavy (non-hydrogen) atoms. The summed E-state index contributed by atoms with van der Waals surface area (Å²) in [5, 5.41) is 9.35. The first-order valence-corrected chi connectivity index (χ1v) is 5.85. The monoisotopic (exact) mass is 220 g/mol. The van der Waals surface area contributed by atoms with Crippen LogP contribution < -0.4 is 4.74 Å². The average molecular weight is 220 g/mol. The van der Waals surface area contributed by atoms with Gasteiger partial charge in [0.05, 0.1) is 7.11 Å². The summed E-state index contributed by atoms with van der Waals surface area (Å²) in [6.07, 6.45) is 3.32. The highest BCUT2D eigenvalue weighted by Gasteiger charge is 2.42. The molecule has 2 heteroatoms. The number of methoxy groups -OCH3 is 1. The van der Waals surface area contributed by atoms with Gasteiger partial charge in [-0.1, -0.05) is 6.07 Å². The summed E-state index contributed by atoms with van der Waals surface area (Å²) in [6, 6.07) is 4.29. The van der Waals surface area contributed by atoms with Crippen LogP contribution in [0.1, 0.15) is 29.5 Å². The predicted molar refractivity (Wildman–Crippen MR) is 64.9 cm³/mol. The molecule has 0 aromatic heterocycles. The second-order valence-corrected chi connectivity index (χ2v) is 5.08. The first-order valence-electron chi connectivity index (χ1n) is 5.85. The molecule has 88 valence electrons. The molecule has 0 amide bonds. The lowest BCUT2D eigenvalue weighted by Crippen LogP contribution is -2.11. The van der Waals surface area contributed by atoms with E-state index in [1.54, 1.807) is 7.11 Å². The normalized spacial score (nSPS) is 17.2. The fourth-order valence-electron chi connectivity index (χ4n) is 2.23. The molecule has 0 saturated heterocycles. The molecule has 0 bridgehead atoms. The maximum Gasteiger partial charge on any atom is 0.122 e. The van der Waals surface area contributed by atoms with Crippen molar-refractivity contribution in [3.8, 4) is 5.75 Å². The Morgan fingerprint density at radius 2 is 1.94 bits per heavy atom. The summed E-state index contributed by atoms with van der Waals surface area (Å²) in [5.41, 5.74) is 3.98. The summed E-state index contributed by atoms with van der Waals surface area (Å²) >= 11 is 0. The molecule has 1 saturated carbocycles. The van der Waals surface area contributed by atoms with Crippen LogP contribution in [0.4, 0.5) is 0 Å². The first-order chi connectivity index (χ1) is 7.60. The number of rotatable bonds is 4. The van der Waals surface area contributed by atoms with E-state index in [0.29, 0.717) is 6.61 Å². The molecule has 1 N–H and O–H groups in total. The summed E-state index contributed by atoms with van der Waals surface area (Å²) in [6.45, 7) is 4.50. The van der Waals surface area contributed by atoms with Crippen molar-refractivity contribution in [1.82, 2.24) is 0 Å². The minimum absolute atomic E-state index is 0.186. The minimum atomic E-state index is 0.186. The van der Waals surface area contributed by atoms with Crippen molar-refractivity contribution < 1.29 is 9.84 Å². The third-order valence-corrected chi connectivity index (χ3v) is 3.71. The molecule has 0 atom stereocenters. The van der Waals surface area contributed by atoms with Crippen molar-refractivity contribution in [2.45, 2.75) is 33.1 Å². The highest BCUT2D eigenvalue weighted by Crippen LogP contribution is 2.48. The van der Waals surface area contributed by atoms with Gasteiger partial charge in [-0.15, -0.1) is 0 Å². The van der Waals surface area contributed by atoms with Crippen molar-refractivity contribution in [3.05, 3.63) is 28.8 Å². The lowest BCUT2D eigenvalue weighted by Gasteiger charge is -2.16. The average Bonchev–Trinajstić information content (AvgIpc) is 3.03. The van der Waals surface area contributed by atoms with Crippen LogP contribution in [0.3, 0.4) is 0 Å². The van der Waals surface area contributed by atoms with Gasteiger partial charge < -0.3 is 9.84 Å². The van der Waals surface area contributed by atoms with Crippen LogP contribution >= 0.6 is 0 Å². The van der Waals surface area contributed by atoms with Crippen molar-refractivity contribution >= 4 is 0 Å². The number of aliphatic hydroxyl groups excluding tert-OH is 1. The first kappa shape index (κ1) is 11.5. The number of hydrogen-bond donors (Lipinski definition) is 1. The van der Waals surface area contributed by atoms with Gasteiger partial charge in [-0.25, -0.2) is 0 Å². The van der Waals surface area contributed by atoms with Crippen LogP contribution in [0.25, 0.3) is 0 Å². The molecule has 0 spiro atoms. The summed E-state index contributed by atoms with van der Waals surface area (Å²) < 4.78 is 5.30. The maximum atomic E-state index is 9.35. The van der Waals surface area contributed by atoms with Gasteiger partial charge in [0, 0.05) is 6.61 Å². The molecule has 1 aliphatic rings. The Labute approximate surface area is 97.3 Å². The molecule has 0 aliphatic heterocycles. The van der Waals surface area contributed by atoms with Crippen LogP contribution in [0.2, 0.25) is 0 Å². The van der Waals surface area contributed by atoms with Gasteiger partial charge in [0.1, 0.15) is 5.75 Å². The standard InChI is InChI=1S/C14H20O2/c1-10-7-13(16-3)11(2)6-12(10)8-14(9-15)4-5-14/h6-7,15H,4-5,8-9H2,1-3H3. The zero-order valence-electron chi connectivity index (χ0n) is 10.3. The van der Waals surface area contributed by atoms with E-state index in [1.165, 1.54) is 16.7 Å². The van der Waals surface area contributed by atoms with Gasteiger partial charge in [-0.3, -0.25) is 0 Å². The van der Waals surface area contributed by atoms with Crippen molar-refractivity contribution in [3.63, 3.8) is 0 Å². The molecule has 1 aliphatic carbocycles. The van der Waals surface area contributed by atoms with Gasteiger partial charge in [-0.05, 0) is 61.3 Å². The molecule has 1 aromatic rings. The van der Waals surface area contributed by atoms with Gasteiger partial charge in [0.2, 0.25) is 0 Å². The van der Waals surface area contributed by atoms with E-state index in [-0.39, 0.29) is 5.41 Å². The number of hydrogen-bond acceptors (Lipinski definition) is 2. The van der Waals surface area contributed by atoms with Crippen LogP contribution in [0, 0.1) is 19.3 Å². The Bertz CT molecular complexity index is 392. The van der Waals surface area contributed by atoms with Crippen molar-refractivity contribution in [2.75, 3.05) is 13.7 Å². The van der Waals surface area contributed by atoms with Crippen LogP contribution in [-0.2, 0) is 6.42 Å². The number of aryl methyl sites for hydroxylation is 2. The summed E-state index contributed by atoms with van der Waals surface area (Å²) in [5.74, 6) is 0.954. The third kappa shape index (κ3) is 2.07. The largest absolute Gasteiger partial charge is 0.496 e. The summed E-state index contributed by atoms with van der Waals surface area (Å²) in [7, 11) is 1.71. The van der Waals surface area contributed by atoms with Crippen LogP contribution in [0.5, 0.6) is 5.75 Å². The van der Waals surface area contributed by atoms with Gasteiger partial charge in [-0.2, -0.15) is 0 Å². The maximum absolute atomic E-state index is 9.35. The molecule has 0 unspecified atom stereocenters. The molecular formula is C14H20O2. The van der Waals surface area contributed by atoms with Gasteiger partial charge in [0.15, 0.2) is 0 Å². The zero-order chi connectivity index (χ0) is 11.8. The third-order valence-electron chi connectivity index (χ3n) is 3.71. The summed E-state index contributed by atoms with van der Waals surface area (Å²) in [4.78, 5) is 0. The molecule has 1 aromatic carbocycles. The molecule has 2 rings (SSSR count). The lowest BCUT2D eigenvalue weighted by atomic mass is 9.93. The lowest BCUT2D eigenvalue weighted by molar-refractivity contribution is 0.211. The fraction of sp³-hybridized carbons (Fsp3) is 0.571. The Morgan fingerprint density at radius 3 is 2.44 bits per heavy atom. The molecule has 2 nitrogen and oxygen atoms in total. The topological polar surface area (TPSA) is 29.5 Å². The van der Waals surface area contributed by atoms with Crippen LogP contribution in [-0.4, -0.2) is 18.8 Å². The Hall–Kier alpha value is -1.02. The predicted octanol–water partition coefficient (Wildman–Crippen LogP) is 2.63. The molecule has 1 fully saturated rings. The highest BCUT2D eigenvalue weighted by atomic mass is 16.5. The van der Waals surface area contributed by atoms with Gasteiger partial charge >= 0.3 is 0 Å². The number of ether oxygens (including phenoxy) is 1. The molecular weight excluding hydrogens is 200 g/mol. The SMILES string of the molecule is COc1cc(C)c(CC2(CO)CC2)cc1C. The zero-order valence-corrected chi connectivity index (χ0v) is 10.3. The van der Waals surface area contributed by atoms with E-state index in [0.717, 1.165) is 25.0 Å². The smallest absolute Gasteiger partial charge is 0.122 e. The number of benzene rings is 1. The number of aliphatic hydroxyl groups is 1. The van der Waals surface area contributed by atoms with E-state index < -0.39 is 0 Å². The minimum Gasteiger partial charge on any atom is -0.496 e.